The van der Waals surface area contributed by atoms with Crippen molar-refractivity contribution in [1.29, 1.82) is 0 Å². The van der Waals surface area contributed by atoms with E-state index in [1.807, 2.05) is 30.3 Å². The number of rotatable bonds is 8. The van der Waals surface area contributed by atoms with Crippen molar-refractivity contribution in [2.75, 3.05) is 10.0 Å². The molecule has 2 N–H and O–H groups in total. The van der Waals surface area contributed by atoms with Crippen molar-refractivity contribution in [2.45, 2.75) is 18.4 Å². The molecule has 0 bridgehead atoms. The van der Waals surface area contributed by atoms with E-state index in [1.54, 1.807) is 36.4 Å². The summed E-state index contributed by atoms with van der Waals surface area (Å²) >= 11 is 0. The van der Waals surface area contributed by atoms with Crippen LogP contribution in [0.15, 0.2) is 102 Å². The van der Waals surface area contributed by atoms with E-state index in [2.05, 4.69) is 10.0 Å². The Morgan fingerprint density at radius 2 is 1.57 bits per heavy atom. The number of amides is 1. The second kappa shape index (κ2) is 10.4. The highest BCUT2D eigenvalue weighted by molar-refractivity contribution is 7.92. The SMILES string of the molecule is Cc1cc(F)ccc1S(=O)(=O)Nc1ccccc1C(=O)Nc1ccc(OCc2ccccc2)cc1. The van der Waals surface area contributed by atoms with Crippen LogP contribution in [0, 0.1) is 12.7 Å². The van der Waals surface area contributed by atoms with Gasteiger partial charge in [-0.3, -0.25) is 9.52 Å². The molecule has 0 fully saturated rings. The third-order valence-electron chi connectivity index (χ3n) is 5.20. The van der Waals surface area contributed by atoms with Gasteiger partial charge in [0.1, 0.15) is 18.2 Å². The first-order chi connectivity index (χ1) is 16.8. The van der Waals surface area contributed by atoms with Gasteiger partial charge in [0.25, 0.3) is 15.9 Å². The number of nitrogens with one attached hydrogen (secondary N) is 2. The highest BCUT2D eigenvalue weighted by Crippen LogP contribution is 2.24. The number of hydrogen-bond donors (Lipinski definition) is 2. The molecule has 0 atom stereocenters. The fourth-order valence-corrected chi connectivity index (χ4v) is 4.77. The number of anilines is 2. The average molecular weight is 491 g/mol. The van der Waals surface area contributed by atoms with Crippen molar-refractivity contribution in [2.24, 2.45) is 0 Å². The number of ether oxygens (including phenoxy) is 1. The van der Waals surface area contributed by atoms with Gasteiger partial charge in [-0.15, -0.1) is 0 Å². The van der Waals surface area contributed by atoms with Gasteiger partial charge >= 0.3 is 0 Å². The quantitative estimate of drug-likeness (QED) is 0.329. The van der Waals surface area contributed by atoms with E-state index in [0.29, 0.717) is 18.0 Å². The van der Waals surface area contributed by atoms with Crippen molar-refractivity contribution < 1.29 is 22.3 Å². The summed E-state index contributed by atoms with van der Waals surface area (Å²) in [6.07, 6.45) is 0. The lowest BCUT2D eigenvalue weighted by atomic mass is 10.1. The lowest BCUT2D eigenvalue weighted by molar-refractivity contribution is 0.102. The molecular formula is C27H23FN2O4S. The van der Waals surface area contributed by atoms with Crippen molar-refractivity contribution in [3.8, 4) is 5.75 Å². The summed E-state index contributed by atoms with van der Waals surface area (Å²) in [6, 6.07) is 26.3. The van der Waals surface area contributed by atoms with E-state index in [4.69, 9.17) is 4.74 Å². The number of hydrogen-bond acceptors (Lipinski definition) is 4. The molecule has 178 valence electrons. The Morgan fingerprint density at radius 1 is 0.886 bits per heavy atom. The zero-order chi connectivity index (χ0) is 24.8. The molecule has 35 heavy (non-hydrogen) atoms. The largest absolute Gasteiger partial charge is 0.489 e. The predicted molar refractivity (Wildman–Crippen MR) is 134 cm³/mol. The lowest BCUT2D eigenvalue weighted by Gasteiger charge is -2.14. The Kier molecular flexibility index (Phi) is 7.12. The molecule has 0 aliphatic heterocycles. The minimum Gasteiger partial charge on any atom is -0.489 e. The molecule has 8 heteroatoms. The summed E-state index contributed by atoms with van der Waals surface area (Å²) in [5.41, 5.74) is 2.07. The van der Waals surface area contributed by atoms with Gasteiger partial charge in [0.15, 0.2) is 0 Å². The summed E-state index contributed by atoms with van der Waals surface area (Å²) in [4.78, 5) is 12.9. The van der Waals surface area contributed by atoms with E-state index >= 15 is 0 Å². The summed E-state index contributed by atoms with van der Waals surface area (Å²) in [6.45, 7) is 1.93. The van der Waals surface area contributed by atoms with E-state index in [0.717, 1.165) is 17.7 Å². The van der Waals surface area contributed by atoms with Gasteiger partial charge < -0.3 is 10.1 Å². The molecule has 0 aliphatic rings. The fraction of sp³-hybridized carbons (Fsp3) is 0.0741. The van der Waals surface area contributed by atoms with Crippen LogP contribution in [-0.4, -0.2) is 14.3 Å². The van der Waals surface area contributed by atoms with Gasteiger partial charge in [0, 0.05) is 5.69 Å². The molecule has 6 nitrogen and oxygen atoms in total. The van der Waals surface area contributed by atoms with Crippen LogP contribution >= 0.6 is 0 Å². The highest BCUT2D eigenvalue weighted by Gasteiger charge is 2.20. The topological polar surface area (TPSA) is 84.5 Å². The highest BCUT2D eigenvalue weighted by atomic mass is 32.2. The Hall–Kier alpha value is -4.17. The first kappa shape index (κ1) is 24.0. The predicted octanol–water partition coefficient (Wildman–Crippen LogP) is 5.77. The number of carbonyl (C=O) groups is 1. The standard InChI is InChI=1S/C27H23FN2O4S/c1-19-17-21(28)11-16-26(19)35(32,33)30-25-10-6-5-9-24(25)27(31)29-22-12-14-23(15-13-22)34-18-20-7-3-2-4-8-20/h2-17,30H,18H2,1H3,(H,29,31). The maximum absolute atomic E-state index is 13.4. The number of halogens is 1. The molecule has 0 spiro atoms. The van der Waals surface area contributed by atoms with Crippen LogP contribution in [-0.2, 0) is 16.6 Å². The number of sulfonamides is 1. The lowest BCUT2D eigenvalue weighted by Crippen LogP contribution is -2.19. The Labute approximate surface area is 203 Å². The van der Waals surface area contributed by atoms with Gasteiger partial charge in [-0.05, 0) is 72.6 Å². The zero-order valence-electron chi connectivity index (χ0n) is 18.9. The Morgan fingerprint density at radius 3 is 2.29 bits per heavy atom. The maximum Gasteiger partial charge on any atom is 0.262 e. The smallest absolute Gasteiger partial charge is 0.262 e. The van der Waals surface area contributed by atoms with Crippen LogP contribution in [0.2, 0.25) is 0 Å². The van der Waals surface area contributed by atoms with Crippen molar-refractivity contribution in [1.82, 2.24) is 0 Å². The van der Waals surface area contributed by atoms with E-state index in [1.165, 1.54) is 25.1 Å². The number of aryl methyl sites for hydroxylation is 1. The normalized spacial score (nSPS) is 11.0. The molecule has 4 aromatic carbocycles. The molecule has 4 rings (SSSR count). The van der Waals surface area contributed by atoms with Crippen LogP contribution < -0.4 is 14.8 Å². The minimum absolute atomic E-state index is 0.0693. The molecule has 0 aromatic heterocycles. The van der Waals surface area contributed by atoms with Gasteiger partial charge in [0.05, 0.1) is 16.1 Å². The summed E-state index contributed by atoms with van der Waals surface area (Å²) in [5.74, 6) is -0.371. The number of benzene rings is 4. The van der Waals surface area contributed by atoms with E-state index in [-0.39, 0.29) is 21.7 Å². The van der Waals surface area contributed by atoms with Crippen molar-refractivity contribution in [3.63, 3.8) is 0 Å². The monoisotopic (exact) mass is 490 g/mol. The molecule has 0 aliphatic carbocycles. The second-order valence-corrected chi connectivity index (χ2v) is 9.46. The molecular weight excluding hydrogens is 467 g/mol. The van der Waals surface area contributed by atoms with Crippen LogP contribution in [0.4, 0.5) is 15.8 Å². The van der Waals surface area contributed by atoms with Gasteiger partial charge in [-0.2, -0.15) is 0 Å². The van der Waals surface area contributed by atoms with Gasteiger partial charge in [-0.25, -0.2) is 12.8 Å². The molecule has 0 heterocycles. The Balaban J connectivity index is 1.46. The zero-order valence-corrected chi connectivity index (χ0v) is 19.7. The maximum atomic E-state index is 13.4. The van der Waals surface area contributed by atoms with Crippen LogP contribution in [0.3, 0.4) is 0 Å². The van der Waals surface area contributed by atoms with E-state index in [9.17, 15) is 17.6 Å². The molecule has 4 aromatic rings. The minimum atomic E-state index is -4.04. The average Bonchev–Trinajstić information content (AvgIpc) is 2.84. The first-order valence-corrected chi connectivity index (χ1v) is 12.3. The van der Waals surface area contributed by atoms with Crippen LogP contribution in [0.1, 0.15) is 21.5 Å². The number of para-hydroxylation sites is 1. The third kappa shape index (κ3) is 6.04. The Bertz CT molecular complexity index is 1440. The van der Waals surface area contributed by atoms with E-state index < -0.39 is 21.7 Å². The van der Waals surface area contributed by atoms with Crippen LogP contribution in [0.5, 0.6) is 5.75 Å². The summed E-state index contributed by atoms with van der Waals surface area (Å²) in [5, 5.41) is 2.77. The van der Waals surface area contributed by atoms with Gasteiger partial charge in [0.2, 0.25) is 0 Å². The van der Waals surface area contributed by atoms with Crippen molar-refractivity contribution in [3.05, 3.63) is 120 Å². The first-order valence-electron chi connectivity index (χ1n) is 10.8. The number of carbonyl (C=O) groups excluding carboxylic acids is 1. The molecule has 0 saturated carbocycles. The molecule has 0 radical (unpaired) electrons. The second-order valence-electron chi connectivity index (χ2n) is 7.81. The summed E-state index contributed by atoms with van der Waals surface area (Å²) < 4.78 is 47.4. The fourth-order valence-electron chi connectivity index (χ4n) is 3.46. The van der Waals surface area contributed by atoms with Crippen LogP contribution in [0.25, 0.3) is 0 Å². The molecule has 0 unspecified atom stereocenters. The molecule has 0 saturated heterocycles. The van der Waals surface area contributed by atoms with Crippen molar-refractivity contribution >= 4 is 27.3 Å². The molecule has 1 amide bonds. The summed E-state index contributed by atoms with van der Waals surface area (Å²) in [7, 11) is -4.04. The van der Waals surface area contributed by atoms with Gasteiger partial charge in [-0.1, -0.05) is 42.5 Å². The third-order valence-corrected chi connectivity index (χ3v) is 6.73.